The van der Waals surface area contributed by atoms with E-state index in [9.17, 15) is 9.59 Å². The van der Waals surface area contributed by atoms with Gasteiger partial charge in [0.2, 0.25) is 0 Å². The predicted molar refractivity (Wildman–Crippen MR) is 193 cm³/mol. The average Bonchev–Trinajstić information content (AvgIpc) is 3.87. The molecule has 2 fully saturated rings. The zero-order chi connectivity index (χ0) is 33.4. The van der Waals surface area contributed by atoms with Crippen molar-refractivity contribution in [1.82, 2.24) is 25.1 Å². The number of allylic oxidation sites excluding steroid dienone is 1. The molecule has 0 bridgehead atoms. The summed E-state index contributed by atoms with van der Waals surface area (Å²) < 4.78 is 7.15. The van der Waals surface area contributed by atoms with E-state index in [1.807, 2.05) is 30.3 Å². The molecule has 2 N–H and O–H groups in total. The largest absolute Gasteiger partial charge is 0.466 e. The maximum Gasteiger partial charge on any atom is 0.330 e. The second kappa shape index (κ2) is 13.0. The Bertz CT molecular complexity index is 2110. The van der Waals surface area contributed by atoms with Gasteiger partial charge in [0.25, 0.3) is 5.91 Å². The van der Waals surface area contributed by atoms with Crippen molar-refractivity contribution in [2.24, 2.45) is 0 Å². The number of hydrogen-bond acceptors (Lipinski definition) is 5. The number of H-pyrrole nitrogens is 1. The van der Waals surface area contributed by atoms with Crippen molar-refractivity contribution in [3.05, 3.63) is 107 Å². The van der Waals surface area contributed by atoms with Gasteiger partial charge in [0.15, 0.2) is 11.6 Å². The Morgan fingerprint density at radius 2 is 1.82 bits per heavy atom. The molecule has 3 aromatic carbocycles. The minimum atomic E-state index is -0.634. The average molecular weight is 652 g/mol. The number of esters is 1. The summed E-state index contributed by atoms with van der Waals surface area (Å²) in [6.45, 7) is 0.767. The summed E-state index contributed by atoms with van der Waals surface area (Å²) in [6.07, 6.45) is 17.4. The van der Waals surface area contributed by atoms with Crippen LogP contribution >= 0.6 is 0 Å². The minimum Gasteiger partial charge on any atom is -0.466 e. The number of fused-ring (bicyclic) bond motifs is 5. The Balaban J connectivity index is 1.13. The summed E-state index contributed by atoms with van der Waals surface area (Å²) in [5.74, 6) is 1.22. The van der Waals surface area contributed by atoms with Gasteiger partial charge in [-0.15, -0.1) is 0 Å². The zero-order valence-electron chi connectivity index (χ0n) is 27.9. The number of aromatic amines is 1. The van der Waals surface area contributed by atoms with Crippen LogP contribution < -0.4 is 5.32 Å². The molecular formula is C41H41N5O3. The molecule has 5 aromatic rings. The lowest BCUT2D eigenvalue weighted by molar-refractivity contribution is -0.134. The second-order valence-corrected chi connectivity index (χ2v) is 13.7. The lowest BCUT2D eigenvalue weighted by Crippen LogP contribution is -2.44. The standard InChI is InChI=1S/C41H41N5O3/c1-49-35(47)21-18-27-11-9-15-30(25-27)38-42-40(45-44-38)41(22-7-8-23-41)43-39(48)31-19-20-33-34(26-31)46-24-10-16-28-12-5-6-17-32(28)37(46)36(33)29-13-3-2-4-14-29/h5-6,9-12,15-21,25-26,29H,2-4,7-8,13-14,22-24H2,1H3,(H,43,48)(H,42,44,45). The molecule has 1 aliphatic heterocycles. The van der Waals surface area contributed by atoms with Crippen LogP contribution in [0.3, 0.4) is 0 Å². The number of benzene rings is 3. The van der Waals surface area contributed by atoms with Gasteiger partial charge in [-0.2, -0.15) is 5.10 Å². The Labute approximate surface area is 286 Å². The summed E-state index contributed by atoms with van der Waals surface area (Å²) in [7, 11) is 1.35. The monoisotopic (exact) mass is 651 g/mol. The van der Waals surface area contributed by atoms with Gasteiger partial charge >= 0.3 is 5.97 Å². The van der Waals surface area contributed by atoms with E-state index in [1.165, 1.54) is 73.1 Å². The molecule has 0 unspecified atom stereocenters. The fourth-order valence-corrected chi connectivity index (χ4v) is 8.25. The maximum atomic E-state index is 14.2. The molecule has 8 rings (SSSR count). The number of rotatable bonds is 7. The smallest absolute Gasteiger partial charge is 0.330 e. The van der Waals surface area contributed by atoms with Crippen LogP contribution in [-0.4, -0.2) is 38.7 Å². The van der Waals surface area contributed by atoms with Gasteiger partial charge in [-0.1, -0.05) is 92.8 Å². The summed E-state index contributed by atoms with van der Waals surface area (Å²) in [4.78, 5) is 30.7. The SMILES string of the molecule is COC(=O)C=Cc1cccc(-c2n[nH]c(C3(NC(=O)c4ccc5c(C6CCCCC6)c6n(c5c4)CC=Cc4ccccc4-6)CCCC3)n2)c1. The summed E-state index contributed by atoms with van der Waals surface area (Å²) in [5.41, 5.74) is 8.07. The third-order valence-electron chi connectivity index (χ3n) is 10.7. The van der Waals surface area contributed by atoms with Crippen LogP contribution in [0.2, 0.25) is 0 Å². The molecule has 0 saturated heterocycles. The first kappa shape index (κ1) is 31.1. The molecule has 2 saturated carbocycles. The highest BCUT2D eigenvalue weighted by atomic mass is 16.5. The van der Waals surface area contributed by atoms with Gasteiger partial charge in [0.1, 0.15) is 0 Å². The zero-order valence-corrected chi connectivity index (χ0v) is 27.9. The summed E-state index contributed by atoms with van der Waals surface area (Å²) in [5, 5.41) is 12.4. The van der Waals surface area contributed by atoms with Crippen molar-refractivity contribution in [3.8, 4) is 22.6 Å². The van der Waals surface area contributed by atoms with Crippen molar-refractivity contribution in [2.45, 2.75) is 75.8 Å². The van der Waals surface area contributed by atoms with E-state index in [4.69, 9.17) is 9.72 Å². The second-order valence-electron chi connectivity index (χ2n) is 13.7. The van der Waals surface area contributed by atoms with E-state index in [2.05, 4.69) is 68.6 Å². The van der Waals surface area contributed by atoms with Crippen molar-refractivity contribution in [2.75, 3.05) is 7.11 Å². The van der Waals surface area contributed by atoms with E-state index >= 15 is 0 Å². The molecule has 248 valence electrons. The first-order valence-electron chi connectivity index (χ1n) is 17.6. The summed E-state index contributed by atoms with van der Waals surface area (Å²) in [6, 6.07) is 22.7. The third kappa shape index (κ3) is 5.79. The number of ether oxygens (including phenoxy) is 1. The summed E-state index contributed by atoms with van der Waals surface area (Å²) >= 11 is 0. The first-order chi connectivity index (χ1) is 24.0. The number of carbonyl (C=O) groups is 2. The number of methoxy groups -OCH3 is 1. The highest BCUT2D eigenvalue weighted by Gasteiger charge is 2.40. The molecule has 3 heterocycles. The van der Waals surface area contributed by atoms with Crippen LogP contribution in [0.1, 0.15) is 96.6 Å². The molecule has 0 atom stereocenters. The van der Waals surface area contributed by atoms with Gasteiger partial charge in [0.05, 0.1) is 18.3 Å². The Morgan fingerprint density at radius 3 is 2.65 bits per heavy atom. The van der Waals surface area contributed by atoms with Crippen molar-refractivity contribution >= 4 is 34.9 Å². The van der Waals surface area contributed by atoms with Crippen molar-refractivity contribution in [3.63, 3.8) is 0 Å². The lowest BCUT2D eigenvalue weighted by Gasteiger charge is -2.28. The lowest BCUT2D eigenvalue weighted by atomic mass is 9.81. The number of nitrogens with zero attached hydrogens (tertiary/aromatic N) is 3. The molecule has 2 aromatic heterocycles. The number of amides is 1. The fraction of sp³-hybridized carbons (Fsp3) is 0.317. The molecule has 0 spiro atoms. The van der Waals surface area contributed by atoms with E-state index in [1.54, 1.807) is 6.08 Å². The highest BCUT2D eigenvalue weighted by molar-refractivity contribution is 6.01. The van der Waals surface area contributed by atoms with Crippen LogP contribution in [0.4, 0.5) is 0 Å². The van der Waals surface area contributed by atoms with E-state index in [-0.39, 0.29) is 5.91 Å². The molecular weight excluding hydrogens is 610 g/mol. The Kier molecular flexibility index (Phi) is 8.23. The molecule has 2 aliphatic carbocycles. The first-order valence-corrected chi connectivity index (χ1v) is 17.6. The van der Waals surface area contributed by atoms with E-state index in [0.29, 0.717) is 23.1 Å². The quantitative estimate of drug-likeness (QED) is 0.136. The fourth-order valence-electron chi connectivity index (χ4n) is 8.25. The van der Waals surface area contributed by atoms with Crippen LogP contribution in [0.25, 0.3) is 45.7 Å². The highest BCUT2D eigenvalue weighted by Crippen LogP contribution is 2.46. The van der Waals surface area contributed by atoms with E-state index in [0.717, 1.165) is 48.9 Å². The van der Waals surface area contributed by atoms with Gasteiger partial charge < -0.3 is 14.6 Å². The van der Waals surface area contributed by atoms with Crippen molar-refractivity contribution in [1.29, 1.82) is 0 Å². The molecule has 8 heteroatoms. The molecule has 8 nitrogen and oxygen atoms in total. The number of carbonyl (C=O) groups excluding carboxylic acids is 2. The third-order valence-corrected chi connectivity index (χ3v) is 10.7. The molecule has 3 aliphatic rings. The number of nitrogens with one attached hydrogen (secondary N) is 2. The van der Waals surface area contributed by atoms with Crippen molar-refractivity contribution < 1.29 is 14.3 Å². The Hall–Kier alpha value is -5.24. The maximum absolute atomic E-state index is 14.2. The van der Waals surface area contributed by atoms with Crippen LogP contribution in [0, 0.1) is 0 Å². The van der Waals surface area contributed by atoms with Crippen LogP contribution in [0.15, 0.2) is 78.9 Å². The van der Waals surface area contributed by atoms with Gasteiger partial charge in [-0.25, -0.2) is 9.78 Å². The molecule has 0 radical (unpaired) electrons. The van der Waals surface area contributed by atoms with Crippen LogP contribution in [0.5, 0.6) is 0 Å². The predicted octanol–water partition coefficient (Wildman–Crippen LogP) is 8.55. The van der Waals surface area contributed by atoms with Gasteiger partial charge in [-0.3, -0.25) is 9.89 Å². The molecule has 49 heavy (non-hydrogen) atoms. The normalized spacial score (nSPS) is 17.2. The van der Waals surface area contributed by atoms with Crippen LogP contribution in [-0.2, 0) is 21.6 Å². The number of hydrogen-bond donors (Lipinski definition) is 2. The van der Waals surface area contributed by atoms with Gasteiger partial charge in [0, 0.05) is 40.2 Å². The molecule has 1 amide bonds. The minimum absolute atomic E-state index is 0.101. The number of aromatic nitrogens is 4. The van der Waals surface area contributed by atoms with Gasteiger partial charge in [-0.05, 0) is 72.6 Å². The Morgan fingerprint density at radius 1 is 0.980 bits per heavy atom. The van der Waals surface area contributed by atoms with E-state index < -0.39 is 11.5 Å². The topological polar surface area (TPSA) is 102 Å².